The van der Waals surface area contributed by atoms with Crippen LogP contribution in [-0.2, 0) is 12.4 Å². The molecule has 0 spiro atoms. The summed E-state index contributed by atoms with van der Waals surface area (Å²) < 4.78 is 77.4. The van der Waals surface area contributed by atoms with E-state index in [0.717, 1.165) is 35.4 Å². The molecule has 33 heavy (non-hydrogen) atoms. The van der Waals surface area contributed by atoms with Gasteiger partial charge in [-0.15, -0.1) is 0 Å². The summed E-state index contributed by atoms with van der Waals surface area (Å²) in [7, 11) is 1.87. The predicted molar refractivity (Wildman–Crippen MR) is 113 cm³/mol. The molecule has 0 bridgehead atoms. The lowest BCUT2D eigenvalue weighted by Crippen LogP contribution is -2.43. The standard InChI is InChI=1S/C23H20F6N4/c1-33-11-15(10-13-2-6-16(7-3-13)22(24,25)26)20-18(12-33)19(31-21(30)32-20)14-4-8-17(9-5-14)23(27,28)29/h2-10,19H,11-12H2,1H3,(H3,30,31,32)/b15-10+. The van der Waals surface area contributed by atoms with E-state index in [9.17, 15) is 26.3 Å². The Morgan fingerprint density at radius 1 is 0.909 bits per heavy atom. The molecular formula is C23H20F6N4. The predicted octanol–water partition coefficient (Wildman–Crippen LogP) is 4.97. The SMILES string of the molecule is CN1CC2=C(NC(N)=NC2c2ccc(C(F)(F)F)cc2)/C(=C/c2ccc(C(F)(F)F)cc2)C1. The molecule has 0 aliphatic carbocycles. The van der Waals surface area contributed by atoms with E-state index in [4.69, 9.17) is 5.73 Å². The zero-order chi connectivity index (χ0) is 24.0. The van der Waals surface area contributed by atoms with Crippen molar-refractivity contribution in [2.24, 2.45) is 10.7 Å². The number of hydrogen-bond donors (Lipinski definition) is 2. The van der Waals surface area contributed by atoms with Crippen molar-refractivity contribution in [3.05, 3.63) is 87.6 Å². The van der Waals surface area contributed by atoms with Crippen molar-refractivity contribution in [2.75, 3.05) is 20.1 Å². The Balaban J connectivity index is 1.71. The van der Waals surface area contributed by atoms with Gasteiger partial charge in [-0.05, 0) is 59.7 Å². The first-order valence-corrected chi connectivity index (χ1v) is 9.99. The third-order valence-electron chi connectivity index (χ3n) is 5.51. The summed E-state index contributed by atoms with van der Waals surface area (Å²) >= 11 is 0. The number of rotatable bonds is 2. The summed E-state index contributed by atoms with van der Waals surface area (Å²) in [6.45, 7) is 0.995. The van der Waals surface area contributed by atoms with Gasteiger partial charge in [-0.1, -0.05) is 24.3 Å². The summed E-state index contributed by atoms with van der Waals surface area (Å²) in [5, 5.41) is 3.03. The van der Waals surface area contributed by atoms with E-state index in [1.165, 1.54) is 24.3 Å². The molecule has 174 valence electrons. The van der Waals surface area contributed by atoms with Crippen molar-refractivity contribution in [1.29, 1.82) is 0 Å². The summed E-state index contributed by atoms with van der Waals surface area (Å²) in [4.78, 5) is 6.40. The Morgan fingerprint density at radius 2 is 1.45 bits per heavy atom. The number of nitrogens with zero attached hydrogens (tertiary/aromatic N) is 2. The van der Waals surface area contributed by atoms with Crippen LogP contribution in [0.25, 0.3) is 6.08 Å². The highest BCUT2D eigenvalue weighted by Gasteiger charge is 2.34. The molecule has 0 saturated carbocycles. The molecule has 0 saturated heterocycles. The number of aliphatic imine (C=N–C) groups is 1. The molecule has 0 aromatic heterocycles. The molecule has 0 amide bonds. The lowest BCUT2D eigenvalue weighted by molar-refractivity contribution is -0.138. The van der Waals surface area contributed by atoms with Crippen LogP contribution in [0.1, 0.15) is 28.3 Å². The molecule has 2 heterocycles. The molecular weight excluding hydrogens is 446 g/mol. The van der Waals surface area contributed by atoms with Crippen molar-refractivity contribution in [2.45, 2.75) is 18.4 Å². The quantitative estimate of drug-likeness (QED) is 0.615. The normalized spacial score (nSPS) is 21.0. The average molecular weight is 466 g/mol. The molecule has 4 nitrogen and oxygen atoms in total. The number of likely N-dealkylation sites (N-methyl/N-ethyl adjacent to an activating group) is 1. The smallest absolute Gasteiger partial charge is 0.370 e. The molecule has 0 fully saturated rings. The van der Waals surface area contributed by atoms with Crippen LogP contribution in [0, 0.1) is 0 Å². The van der Waals surface area contributed by atoms with Gasteiger partial charge < -0.3 is 11.1 Å². The van der Waals surface area contributed by atoms with Crippen LogP contribution in [-0.4, -0.2) is 31.0 Å². The maximum atomic E-state index is 12.9. The number of hydrogen-bond acceptors (Lipinski definition) is 4. The fraction of sp³-hybridized carbons (Fsp3) is 0.261. The monoisotopic (exact) mass is 466 g/mol. The second kappa shape index (κ2) is 8.26. The van der Waals surface area contributed by atoms with Crippen LogP contribution in [0.15, 0.2) is 70.4 Å². The van der Waals surface area contributed by atoms with Gasteiger partial charge in [0.05, 0.1) is 11.1 Å². The fourth-order valence-corrected chi connectivity index (χ4v) is 3.98. The Bertz CT molecular complexity index is 1130. The van der Waals surface area contributed by atoms with Crippen LogP contribution in [0.3, 0.4) is 0 Å². The number of halogens is 6. The highest BCUT2D eigenvalue weighted by molar-refractivity contribution is 5.84. The van der Waals surface area contributed by atoms with Crippen LogP contribution in [0.5, 0.6) is 0 Å². The molecule has 2 aromatic carbocycles. The van der Waals surface area contributed by atoms with E-state index in [0.29, 0.717) is 29.9 Å². The van der Waals surface area contributed by atoms with Gasteiger partial charge >= 0.3 is 12.4 Å². The molecule has 10 heteroatoms. The van der Waals surface area contributed by atoms with Crippen LogP contribution < -0.4 is 11.1 Å². The molecule has 2 aliphatic rings. The first-order chi connectivity index (χ1) is 15.4. The maximum Gasteiger partial charge on any atom is 0.416 e. The Hall–Kier alpha value is -3.27. The number of nitrogens with one attached hydrogen (secondary N) is 1. The first-order valence-electron chi connectivity index (χ1n) is 9.99. The average Bonchev–Trinajstić information content (AvgIpc) is 2.73. The topological polar surface area (TPSA) is 53.6 Å². The zero-order valence-corrected chi connectivity index (χ0v) is 17.4. The highest BCUT2D eigenvalue weighted by atomic mass is 19.4. The minimum absolute atomic E-state index is 0.113. The van der Waals surface area contributed by atoms with Crippen molar-refractivity contribution in [3.63, 3.8) is 0 Å². The fourth-order valence-electron chi connectivity index (χ4n) is 3.98. The lowest BCUT2D eigenvalue weighted by atomic mass is 9.89. The van der Waals surface area contributed by atoms with E-state index in [1.54, 1.807) is 6.08 Å². The number of alkyl halides is 6. The molecule has 1 unspecified atom stereocenters. The molecule has 0 radical (unpaired) electrons. The minimum atomic E-state index is -4.44. The summed E-state index contributed by atoms with van der Waals surface area (Å²) in [5.41, 5.74) is 7.92. The van der Waals surface area contributed by atoms with Gasteiger partial charge in [-0.2, -0.15) is 26.3 Å². The van der Waals surface area contributed by atoms with Crippen LogP contribution >= 0.6 is 0 Å². The van der Waals surface area contributed by atoms with E-state index < -0.39 is 29.5 Å². The molecule has 4 rings (SSSR count). The van der Waals surface area contributed by atoms with Crippen molar-refractivity contribution >= 4 is 12.0 Å². The van der Waals surface area contributed by atoms with Crippen molar-refractivity contribution in [1.82, 2.24) is 10.2 Å². The second-order valence-corrected chi connectivity index (χ2v) is 8.02. The Kier molecular flexibility index (Phi) is 5.73. The lowest BCUT2D eigenvalue weighted by Gasteiger charge is -2.36. The first kappa shape index (κ1) is 22.9. The van der Waals surface area contributed by atoms with E-state index in [2.05, 4.69) is 10.3 Å². The largest absolute Gasteiger partial charge is 0.416 e. The summed E-state index contributed by atoms with van der Waals surface area (Å²) in [6, 6.07) is 9.01. The second-order valence-electron chi connectivity index (χ2n) is 8.02. The van der Waals surface area contributed by atoms with E-state index in [-0.39, 0.29) is 5.96 Å². The van der Waals surface area contributed by atoms with Crippen molar-refractivity contribution in [3.8, 4) is 0 Å². The number of guanidine groups is 1. The molecule has 1 atom stereocenters. The Morgan fingerprint density at radius 3 is 2.00 bits per heavy atom. The van der Waals surface area contributed by atoms with E-state index >= 15 is 0 Å². The van der Waals surface area contributed by atoms with Gasteiger partial charge in [0.25, 0.3) is 0 Å². The van der Waals surface area contributed by atoms with Crippen LogP contribution in [0.2, 0.25) is 0 Å². The zero-order valence-electron chi connectivity index (χ0n) is 17.4. The summed E-state index contributed by atoms with van der Waals surface area (Å²) in [5.74, 6) is 0.113. The van der Waals surface area contributed by atoms with Gasteiger partial charge in [0, 0.05) is 18.8 Å². The number of nitrogens with two attached hydrogens (primary N) is 1. The molecule has 2 aromatic rings. The van der Waals surface area contributed by atoms with E-state index in [1.807, 2.05) is 11.9 Å². The summed E-state index contributed by atoms with van der Waals surface area (Å²) in [6.07, 6.45) is -7.10. The van der Waals surface area contributed by atoms with Gasteiger partial charge in [0.2, 0.25) is 0 Å². The number of benzene rings is 2. The maximum absolute atomic E-state index is 12.9. The molecule has 3 N–H and O–H groups in total. The van der Waals surface area contributed by atoms with Gasteiger partial charge in [-0.3, -0.25) is 4.90 Å². The van der Waals surface area contributed by atoms with Crippen molar-refractivity contribution < 1.29 is 26.3 Å². The third-order valence-corrected chi connectivity index (χ3v) is 5.51. The van der Waals surface area contributed by atoms with Crippen LogP contribution in [0.4, 0.5) is 26.3 Å². The highest BCUT2D eigenvalue weighted by Crippen LogP contribution is 2.38. The molecule has 2 aliphatic heterocycles. The van der Waals surface area contributed by atoms with Gasteiger partial charge in [-0.25, -0.2) is 4.99 Å². The Labute approximate surface area is 186 Å². The van der Waals surface area contributed by atoms with Gasteiger partial charge in [0.15, 0.2) is 5.96 Å². The minimum Gasteiger partial charge on any atom is -0.370 e. The third kappa shape index (κ3) is 4.90. The van der Waals surface area contributed by atoms with Gasteiger partial charge in [0.1, 0.15) is 6.04 Å².